The fourth-order valence-electron chi connectivity index (χ4n) is 4.31. The number of hydrogen-bond donors (Lipinski definition) is 2. The van der Waals surface area contributed by atoms with Crippen LogP contribution in [0, 0.1) is 5.92 Å². The highest BCUT2D eigenvalue weighted by atomic mass is 35.5. The van der Waals surface area contributed by atoms with Gasteiger partial charge in [0.05, 0.1) is 12.1 Å². The molecule has 10 nitrogen and oxygen atoms in total. The maximum atomic E-state index is 11.9. The molecule has 1 amide bonds. The molecule has 3 aromatic rings. The van der Waals surface area contributed by atoms with Crippen LogP contribution in [-0.4, -0.2) is 42.9 Å². The Morgan fingerprint density at radius 3 is 3.00 bits per heavy atom. The highest BCUT2D eigenvalue weighted by Gasteiger charge is 2.35. The van der Waals surface area contributed by atoms with Crippen LogP contribution in [0.15, 0.2) is 18.3 Å². The summed E-state index contributed by atoms with van der Waals surface area (Å²) in [7, 11) is 0. The second kappa shape index (κ2) is 6.88. The van der Waals surface area contributed by atoms with Gasteiger partial charge in [0, 0.05) is 24.5 Å². The minimum atomic E-state index is -0.377. The molecule has 0 spiro atoms. The number of nitrogens with one attached hydrogen (secondary N) is 1. The smallest absolute Gasteiger partial charge is 0.242 e. The number of hydrogen-bond acceptors (Lipinski definition) is 7. The summed E-state index contributed by atoms with van der Waals surface area (Å²) >= 11 is 5.95. The first-order valence-electron chi connectivity index (χ1n) is 10.3. The summed E-state index contributed by atoms with van der Waals surface area (Å²) in [5, 5.41) is 7.76. The molecule has 1 saturated carbocycles. The number of benzene rings is 1. The normalized spacial score (nSPS) is 18.4. The number of anilines is 2. The van der Waals surface area contributed by atoms with E-state index < -0.39 is 0 Å². The van der Waals surface area contributed by atoms with Crippen LogP contribution in [-0.2, 0) is 18.0 Å². The zero-order chi connectivity index (χ0) is 21.1. The lowest BCUT2D eigenvalue weighted by molar-refractivity contribution is -0.119. The largest absolute Gasteiger partial charge is 0.491 e. The fourth-order valence-corrected chi connectivity index (χ4v) is 4.49. The Hall–Kier alpha value is -3.27. The average molecular weight is 441 g/mol. The topological polar surface area (TPSA) is 116 Å². The number of nitrogens with zero attached hydrogens (tertiary/aromatic N) is 6. The van der Waals surface area contributed by atoms with Crippen LogP contribution < -0.4 is 20.7 Å². The van der Waals surface area contributed by atoms with Gasteiger partial charge >= 0.3 is 0 Å². The standard InChI is InChI=1S/C20H21ClN8O2/c21-19-25-15-4-6-27(10-29(15)26-19)20-24-13-8-12(23-16(18(22)30)11-2-3-11)9-14-17(13)28(20)5-1-7-31-14/h4,6,8-9,11,16,23H,1-3,5,7,10H2,(H2,22,30)/t16-/m0/s1. The molecule has 2 aliphatic heterocycles. The molecule has 0 unspecified atom stereocenters. The Kier molecular flexibility index (Phi) is 4.10. The van der Waals surface area contributed by atoms with Crippen molar-refractivity contribution in [2.75, 3.05) is 16.8 Å². The van der Waals surface area contributed by atoms with Gasteiger partial charge in [-0.3, -0.25) is 9.69 Å². The number of imidazole rings is 1. The van der Waals surface area contributed by atoms with Crippen LogP contribution in [0.2, 0.25) is 5.28 Å². The number of carbonyl (C=O) groups is 1. The molecule has 31 heavy (non-hydrogen) atoms. The summed E-state index contributed by atoms with van der Waals surface area (Å²) in [5.74, 6) is 2.22. The third-order valence-corrected chi connectivity index (χ3v) is 6.07. The quantitative estimate of drug-likeness (QED) is 0.624. The Morgan fingerprint density at radius 1 is 1.32 bits per heavy atom. The van der Waals surface area contributed by atoms with E-state index in [0.29, 0.717) is 25.0 Å². The maximum Gasteiger partial charge on any atom is 0.242 e. The van der Waals surface area contributed by atoms with Gasteiger partial charge in [-0.1, -0.05) is 0 Å². The molecule has 0 saturated heterocycles. The lowest BCUT2D eigenvalue weighted by Gasteiger charge is -2.23. The van der Waals surface area contributed by atoms with Crippen LogP contribution in [0.5, 0.6) is 5.75 Å². The zero-order valence-corrected chi connectivity index (χ0v) is 17.4. The number of primary amides is 1. The van der Waals surface area contributed by atoms with Crippen molar-refractivity contribution in [2.24, 2.45) is 11.7 Å². The third kappa shape index (κ3) is 3.18. The van der Waals surface area contributed by atoms with Crippen LogP contribution in [0.4, 0.5) is 11.6 Å². The zero-order valence-electron chi connectivity index (χ0n) is 16.7. The molecule has 6 rings (SSSR count). The van der Waals surface area contributed by atoms with Gasteiger partial charge in [0.15, 0.2) is 5.82 Å². The first kappa shape index (κ1) is 18.5. The number of aryl methyl sites for hydroxylation is 1. The number of rotatable bonds is 5. The van der Waals surface area contributed by atoms with E-state index in [1.165, 1.54) is 0 Å². The van der Waals surface area contributed by atoms with Gasteiger partial charge < -0.3 is 20.4 Å². The number of aromatic nitrogens is 5. The van der Waals surface area contributed by atoms with E-state index >= 15 is 0 Å². The number of amides is 1. The van der Waals surface area contributed by atoms with Crippen molar-refractivity contribution in [2.45, 2.75) is 38.5 Å². The summed E-state index contributed by atoms with van der Waals surface area (Å²) in [6, 6.07) is 3.52. The van der Waals surface area contributed by atoms with Crippen LogP contribution in [0.25, 0.3) is 17.1 Å². The monoisotopic (exact) mass is 440 g/mol. The summed E-state index contributed by atoms with van der Waals surface area (Å²) in [6.45, 7) is 1.86. The van der Waals surface area contributed by atoms with Gasteiger partial charge in [-0.15, -0.1) is 5.10 Å². The molecule has 1 fully saturated rings. The van der Waals surface area contributed by atoms with E-state index in [-0.39, 0.29) is 17.2 Å². The van der Waals surface area contributed by atoms with Crippen molar-refractivity contribution in [3.8, 4) is 5.75 Å². The highest BCUT2D eigenvalue weighted by Crippen LogP contribution is 2.38. The highest BCUT2D eigenvalue weighted by molar-refractivity contribution is 6.28. The van der Waals surface area contributed by atoms with Gasteiger partial charge in [-0.2, -0.15) is 4.98 Å². The van der Waals surface area contributed by atoms with E-state index in [0.717, 1.165) is 54.2 Å². The Labute approximate surface area is 182 Å². The number of fused-ring (bicyclic) bond motifs is 1. The molecule has 4 heterocycles. The minimum Gasteiger partial charge on any atom is -0.491 e. The SMILES string of the molecule is NC(=O)[C@@H](Nc1cc2c3c(c1)nc(N1C=Cc4nc(Cl)nn4C1)n3CCCO2)C1CC1. The fraction of sp³-hybridized carbons (Fsp3) is 0.400. The molecule has 1 aromatic carbocycles. The second-order valence-corrected chi connectivity index (χ2v) is 8.47. The molecule has 2 aromatic heterocycles. The number of nitrogens with two attached hydrogens (primary N) is 1. The Bertz CT molecular complexity index is 1230. The van der Waals surface area contributed by atoms with Crippen LogP contribution >= 0.6 is 11.6 Å². The molecule has 3 aliphatic rings. The number of ether oxygens (including phenoxy) is 1. The summed E-state index contributed by atoms with van der Waals surface area (Å²) in [5.41, 5.74) is 8.15. The predicted octanol–water partition coefficient (Wildman–Crippen LogP) is 2.19. The van der Waals surface area contributed by atoms with Gasteiger partial charge in [-0.25, -0.2) is 9.67 Å². The van der Waals surface area contributed by atoms with Gasteiger partial charge in [-0.05, 0) is 48.9 Å². The van der Waals surface area contributed by atoms with E-state index in [1.54, 1.807) is 4.68 Å². The predicted molar refractivity (Wildman–Crippen MR) is 116 cm³/mol. The maximum absolute atomic E-state index is 11.9. The first-order chi connectivity index (χ1) is 15.1. The van der Waals surface area contributed by atoms with Gasteiger partial charge in [0.2, 0.25) is 17.1 Å². The molecule has 0 radical (unpaired) electrons. The van der Waals surface area contributed by atoms with E-state index in [9.17, 15) is 4.79 Å². The summed E-state index contributed by atoms with van der Waals surface area (Å²) in [6.07, 6.45) is 6.69. The average Bonchev–Trinajstić information content (AvgIpc) is 3.45. The molecule has 1 aliphatic carbocycles. The summed E-state index contributed by atoms with van der Waals surface area (Å²) < 4.78 is 9.95. The Morgan fingerprint density at radius 2 is 2.19 bits per heavy atom. The first-order valence-corrected chi connectivity index (χ1v) is 10.7. The van der Waals surface area contributed by atoms with Crippen molar-refractivity contribution in [3.63, 3.8) is 0 Å². The minimum absolute atomic E-state index is 0.221. The van der Waals surface area contributed by atoms with Crippen molar-refractivity contribution in [1.29, 1.82) is 0 Å². The third-order valence-electron chi connectivity index (χ3n) is 5.91. The molecular formula is C20H21ClN8O2. The molecular weight excluding hydrogens is 420 g/mol. The van der Waals surface area contributed by atoms with Crippen LogP contribution in [0.1, 0.15) is 25.1 Å². The molecule has 1 atom stereocenters. The van der Waals surface area contributed by atoms with Crippen molar-refractivity contribution in [1.82, 2.24) is 24.3 Å². The van der Waals surface area contributed by atoms with Crippen molar-refractivity contribution >= 4 is 46.3 Å². The lowest BCUT2D eigenvalue weighted by Crippen LogP contribution is -2.37. The van der Waals surface area contributed by atoms with Gasteiger partial charge in [0.1, 0.15) is 24.0 Å². The number of halogens is 1. The van der Waals surface area contributed by atoms with E-state index in [2.05, 4.69) is 20.0 Å². The molecule has 160 valence electrons. The molecule has 11 heteroatoms. The van der Waals surface area contributed by atoms with Crippen LogP contribution in [0.3, 0.4) is 0 Å². The second-order valence-electron chi connectivity index (χ2n) is 8.13. The van der Waals surface area contributed by atoms with Crippen molar-refractivity contribution in [3.05, 3.63) is 29.4 Å². The van der Waals surface area contributed by atoms with Crippen molar-refractivity contribution < 1.29 is 9.53 Å². The van der Waals surface area contributed by atoms with E-state index in [1.807, 2.05) is 29.3 Å². The summed E-state index contributed by atoms with van der Waals surface area (Å²) in [4.78, 5) is 23.0. The van der Waals surface area contributed by atoms with E-state index in [4.69, 9.17) is 27.1 Å². The molecule has 3 N–H and O–H groups in total. The Balaban J connectivity index is 1.40. The number of carbonyl (C=O) groups excluding carboxylic acids is 1. The lowest BCUT2D eigenvalue weighted by atomic mass is 10.1. The molecule has 0 bridgehead atoms. The van der Waals surface area contributed by atoms with Gasteiger partial charge in [0.25, 0.3) is 0 Å².